The molecule has 0 radical (unpaired) electrons. The predicted octanol–water partition coefficient (Wildman–Crippen LogP) is 3.86. The van der Waals surface area contributed by atoms with Crippen molar-refractivity contribution in [1.82, 2.24) is 4.57 Å². The standard InChI is InChI=1S/C17H13N3S/c18-10-13-3-2-8-20(13)12-5-6-15-14(9-12)17(11-19-15)7-1-4-16(17)21/h2-3,5-6,8-9,11H,1,4,7H2. The van der Waals surface area contributed by atoms with Crippen molar-refractivity contribution < 1.29 is 0 Å². The molecule has 1 fully saturated rings. The molecule has 0 N–H and O–H groups in total. The summed E-state index contributed by atoms with van der Waals surface area (Å²) < 4.78 is 1.91. The molecule has 1 aliphatic carbocycles. The quantitative estimate of drug-likeness (QED) is 0.749. The number of nitrogens with zero attached hydrogens (tertiary/aromatic N) is 3. The molecule has 2 aliphatic rings. The van der Waals surface area contributed by atoms with Crippen LogP contribution >= 0.6 is 12.2 Å². The van der Waals surface area contributed by atoms with Crippen molar-refractivity contribution in [1.29, 1.82) is 5.26 Å². The zero-order valence-electron chi connectivity index (χ0n) is 11.4. The van der Waals surface area contributed by atoms with E-state index < -0.39 is 0 Å². The van der Waals surface area contributed by atoms with Crippen LogP contribution in [0.15, 0.2) is 41.5 Å². The number of hydrogen-bond acceptors (Lipinski definition) is 3. The maximum atomic E-state index is 9.19. The topological polar surface area (TPSA) is 41.1 Å². The van der Waals surface area contributed by atoms with Crippen molar-refractivity contribution >= 4 is 29.0 Å². The van der Waals surface area contributed by atoms with Crippen LogP contribution in [0.1, 0.15) is 30.5 Å². The molecule has 1 spiro atoms. The molecule has 1 aromatic heterocycles. The first-order valence-electron chi connectivity index (χ1n) is 7.05. The fourth-order valence-electron chi connectivity index (χ4n) is 3.40. The lowest BCUT2D eigenvalue weighted by Crippen LogP contribution is -2.29. The van der Waals surface area contributed by atoms with Gasteiger partial charge in [-0.2, -0.15) is 5.26 Å². The number of thiocarbonyl (C=S) groups is 1. The van der Waals surface area contributed by atoms with Gasteiger partial charge in [0.25, 0.3) is 0 Å². The summed E-state index contributed by atoms with van der Waals surface area (Å²) in [6.45, 7) is 0. The van der Waals surface area contributed by atoms with Crippen LogP contribution in [0.5, 0.6) is 0 Å². The maximum absolute atomic E-state index is 9.19. The van der Waals surface area contributed by atoms with Gasteiger partial charge >= 0.3 is 0 Å². The third-order valence-electron chi connectivity index (χ3n) is 4.50. The van der Waals surface area contributed by atoms with Crippen LogP contribution < -0.4 is 0 Å². The van der Waals surface area contributed by atoms with Gasteiger partial charge in [-0.05, 0) is 55.2 Å². The first kappa shape index (κ1) is 12.5. The Morgan fingerprint density at radius 2 is 2.24 bits per heavy atom. The Hall–Kier alpha value is -2.25. The first-order valence-corrected chi connectivity index (χ1v) is 7.46. The van der Waals surface area contributed by atoms with Gasteiger partial charge in [-0.15, -0.1) is 0 Å². The van der Waals surface area contributed by atoms with Crippen molar-refractivity contribution in [3.8, 4) is 11.8 Å². The van der Waals surface area contributed by atoms with E-state index >= 15 is 0 Å². The fourth-order valence-corrected chi connectivity index (χ4v) is 3.81. The summed E-state index contributed by atoms with van der Waals surface area (Å²) >= 11 is 5.61. The van der Waals surface area contributed by atoms with Gasteiger partial charge in [-0.3, -0.25) is 4.99 Å². The van der Waals surface area contributed by atoms with Gasteiger partial charge in [0.1, 0.15) is 11.8 Å². The molecular weight excluding hydrogens is 278 g/mol. The van der Waals surface area contributed by atoms with Crippen molar-refractivity contribution in [3.05, 3.63) is 47.8 Å². The minimum Gasteiger partial charge on any atom is -0.308 e. The normalized spacial score (nSPS) is 22.7. The van der Waals surface area contributed by atoms with Gasteiger partial charge in [0.2, 0.25) is 0 Å². The Balaban J connectivity index is 1.88. The molecule has 1 unspecified atom stereocenters. The highest BCUT2D eigenvalue weighted by molar-refractivity contribution is 7.80. The van der Waals surface area contributed by atoms with Crippen LogP contribution in [0.4, 0.5) is 5.69 Å². The Labute approximate surface area is 128 Å². The number of fused-ring (bicyclic) bond motifs is 2. The molecule has 21 heavy (non-hydrogen) atoms. The zero-order chi connectivity index (χ0) is 14.4. The lowest BCUT2D eigenvalue weighted by Gasteiger charge is -2.22. The van der Waals surface area contributed by atoms with E-state index in [1.165, 1.54) is 5.56 Å². The SMILES string of the molecule is N#Cc1cccn1-c1ccc2c(c1)C1(C=N2)CCCC1=S. The van der Waals surface area contributed by atoms with Crippen LogP contribution in [0, 0.1) is 11.3 Å². The molecule has 0 bridgehead atoms. The van der Waals surface area contributed by atoms with Gasteiger partial charge in [0.05, 0.1) is 11.1 Å². The summed E-state index contributed by atoms with van der Waals surface area (Å²) in [7, 11) is 0. The highest BCUT2D eigenvalue weighted by atomic mass is 32.1. The molecule has 0 amide bonds. The van der Waals surface area contributed by atoms with E-state index in [4.69, 9.17) is 12.2 Å². The van der Waals surface area contributed by atoms with Crippen LogP contribution in [0.2, 0.25) is 0 Å². The number of rotatable bonds is 1. The molecule has 3 nitrogen and oxygen atoms in total. The monoisotopic (exact) mass is 291 g/mol. The molecule has 2 aromatic rings. The van der Waals surface area contributed by atoms with Gasteiger partial charge < -0.3 is 4.57 Å². The number of nitriles is 1. The molecule has 1 atom stereocenters. The molecule has 1 saturated carbocycles. The van der Waals surface area contributed by atoms with E-state index in [-0.39, 0.29) is 5.41 Å². The van der Waals surface area contributed by atoms with E-state index in [2.05, 4.69) is 17.1 Å². The number of benzene rings is 1. The Kier molecular flexibility index (Phi) is 2.60. The van der Waals surface area contributed by atoms with E-state index in [9.17, 15) is 5.26 Å². The second-order valence-corrected chi connectivity index (χ2v) is 6.08. The predicted molar refractivity (Wildman–Crippen MR) is 86.8 cm³/mol. The molecular formula is C17H13N3S. The molecule has 4 heteroatoms. The van der Waals surface area contributed by atoms with Gasteiger partial charge in [0.15, 0.2) is 0 Å². The first-order chi connectivity index (χ1) is 10.2. The van der Waals surface area contributed by atoms with E-state index in [0.717, 1.165) is 35.5 Å². The van der Waals surface area contributed by atoms with Gasteiger partial charge in [-0.1, -0.05) is 12.2 Å². The number of aromatic nitrogens is 1. The molecule has 4 rings (SSSR count). The number of aliphatic imine (C=N–C) groups is 1. The highest BCUT2D eigenvalue weighted by Gasteiger charge is 2.43. The van der Waals surface area contributed by atoms with Crippen molar-refractivity contribution in [2.24, 2.45) is 4.99 Å². The van der Waals surface area contributed by atoms with Crippen LogP contribution in [-0.2, 0) is 5.41 Å². The summed E-state index contributed by atoms with van der Waals surface area (Å²) in [4.78, 5) is 5.66. The zero-order valence-corrected chi connectivity index (χ0v) is 12.2. The van der Waals surface area contributed by atoms with Crippen molar-refractivity contribution in [2.45, 2.75) is 24.7 Å². The Bertz CT molecular complexity index is 825. The summed E-state index contributed by atoms with van der Waals surface area (Å²) in [6, 6.07) is 12.1. The smallest absolute Gasteiger partial charge is 0.124 e. The number of hydrogen-bond donors (Lipinski definition) is 0. The third-order valence-corrected chi connectivity index (χ3v) is 5.07. The second kappa shape index (κ2) is 4.37. The second-order valence-electron chi connectivity index (χ2n) is 5.58. The molecule has 102 valence electrons. The summed E-state index contributed by atoms with van der Waals surface area (Å²) in [5.74, 6) is 0. The minimum absolute atomic E-state index is 0.152. The average molecular weight is 291 g/mol. The molecule has 0 saturated heterocycles. The van der Waals surface area contributed by atoms with Crippen LogP contribution in [0.3, 0.4) is 0 Å². The minimum atomic E-state index is -0.152. The Morgan fingerprint density at radius 3 is 3.00 bits per heavy atom. The Morgan fingerprint density at radius 1 is 1.33 bits per heavy atom. The van der Waals surface area contributed by atoms with Gasteiger partial charge in [-0.25, -0.2) is 0 Å². The van der Waals surface area contributed by atoms with Crippen molar-refractivity contribution in [3.63, 3.8) is 0 Å². The van der Waals surface area contributed by atoms with Crippen LogP contribution in [-0.4, -0.2) is 15.6 Å². The summed E-state index contributed by atoms with van der Waals surface area (Å²) in [5, 5.41) is 9.19. The third kappa shape index (κ3) is 1.64. The van der Waals surface area contributed by atoms with E-state index in [1.54, 1.807) is 0 Å². The summed E-state index contributed by atoms with van der Waals surface area (Å²) in [6.07, 6.45) is 7.11. The highest BCUT2D eigenvalue weighted by Crippen LogP contribution is 2.46. The van der Waals surface area contributed by atoms with Crippen molar-refractivity contribution in [2.75, 3.05) is 0 Å². The lowest BCUT2D eigenvalue weighted by molar-refractivity contribution is 0.740. The molecule has 2 heterocycles. The summed E-state index contributed by atoms with van der Waals surface area (Å²) in [5.41, 5.74) is 3.68. The average Bonchev–Trinajstić information content (AvgIpc) is 3.20. The molecule has 1 aliphatic heterocycles. The fraction of sp³-hybridized carbons (Fsp3) is 0.235. The maximum Gasteiger partial charge on any atom is 0.124 e. The van der Waals surface area contributed by atoms with E-state index in [0.29, 0.717) is 5.69 Å². The largest absolute Gasteiger partial charge is 0.308 e. The lowest BCUT2D eigenvalue weighted by atomic mass is 9.81. The van der Waals surface area contributed by atoms with E-state index in [1.807, 2.05) is 41.2 Å². The molecule has 1 aromatic carbocycles. The van der Waals surface area contributed by atoms with Gasteiger partial charge in [0, 0.05) is 23.0 Å². The van der Waals surface area contributed by atoms with Crippen LogP contribution in [0.25, 0.3) is 5.69 Å².